The number of carbonyl (C=O) groups is 1. The van der Waals surface area contributed by atoms with Crippen molar-refractivity contribution in [1.82, 2.24) is 14.7 Å². The van der Waals surface area contributed by atoms with Crippen LogP contribution in [-0.2, 0) is 11.3 Å². The van der Waals surface area contributed by atoms with Gasteiger partial charge in [-0.2, -0.15) is 0 Å². The zero-order chi connectivity index (χ0) is 14.8. The molecule has 1 amide bonds. The van der Waals surface area contributed by atoms with E-state index in [9.17, 15) is 4.79 Å². The van der Waals surface area contributed by atoms with Gasteiger partial charge >= 0.3 is 0 Å². The number of nitrogens with one attached hydrogen (secondary N) is 1. The highest BCUT2D eigenvalue weighted by molar-refractivity contribution is 5.85. The topological polar surface area (TPSA) is 72.4 Å². The summed E-state index contributed by atoms with van der Waals surface area (Å²) in [5.74, 6) is -0.131. The van der Waals surface area contributed by atoms with Crippen LogP contribution in [-0.4, -0.2) is 20.8 Å². The largest absolute Gasteiger partial charge is 0.349 e. The molecule has 3 N–H and O–H groups in total. The first kappa shape index (κ1) is 17.5. The average Bonchev–Trinajstić information content (AvgIpc) is 2.80. The van der Waals surface area contributed by atoms with Gasteiger partial charge in [-0.05, 0) is 32.4 Å². The van der Waals surface area contributed by atoms with Crippen LogP contribution in [0.25, 0.3) is 5.65 Å². The predicted octanol–water partition coefficient (Wildman–Crippen LogP) is 2.20. The number of aryl methyl sites for hydroxylation is 1. The third-order valence-corrected chi connectivity index (χ3v) is 3.46. The molecule has 2 heterocycles. The molecule has 1 unspecified atom stereocenters. The van der Waals surface area contributed by atoms with Crippen LogP contribution < -0.4 is 11.1 Å². The van der Waals surface area contributed by atoms with Crippen LogP contribution in [0, 0.1) is 6.92 Å². The van der Waals surface area contributed by atoms with Crippen molar-refractivity contribution in [3.8, 4) is 0 Å². The zero-order valence-electron chi connectivity index (χ0n) is 12.7. The van der Waals surface area contributed by atoms with Crippen molar-refractivity contribution in [3.63, 3.8) is 0 Å². The zero-order valence-corrected chi connectivity index (χ0v) is 13.5. The van der Waals surface area contributed by atoms with Gasteiger partial charge in [0.15, 0.2) is 0 Å². The summed E-state index contributed by atoms with van der Waals surface area (Å²) in [5, 5.41) is 2.86. The van der Waals surface area contributed by atoms with Crippen molar-refractivity contribution in [1.29, 1.82) is 0 Å². The van der Waals surface area contributed by atoms with Crippen molar-refractivity contribution in [2.45, 2.75) is 45.7 Å². The van der Waals surface area contributed by atoms with Crippen LogP contribution in [0.4, 0.5) is 0 Å². The molecule has 2 aromatic rings. The van der Waals surface area contributed by atoms with Gasteiger partial charge < -0.3 is 15.5 Å². The van der Waals surface area contributed by atoms with Gasteiger partial charge in [0.2, 0.25) is 5.91 Å². The third kappa shape index (κ3) is 3.95. The number of amides is 1. The molecule has 0 aromatic carbocycles. The molecule has 0 spiro atoms. The minimum atomic E-state index is -0.816. The fraction of sp³-hybridized carbons (Fsp3) is 0.467. The Morgan fingerprint density at radius 2 is 2.19 bits per heavy atom. The van der Waals surface area contributed by atoms with E-state index < -0.39 is 5.54 Å². The molecular formula is C15H23ClN4O. The highest BCUT2D eigenvalue weighted by Gasteiger charge is 2.26. The number of pyridine rings is 1. The van der Waals surface area contributed by atoms with Crippen LogP contribution in [0.3, 0.4) is 0 Å². The summed E-state index contributed by atoms with van der Waals surface area (Å²) in [6.07, 6.45) is 3.50. The number of carbonyl (C=O) groups excluding carboxylic acids is 1. The summed E-state index contributed by atoms with van der Waals surface area (Å²) >= 11 is 0. The molecule has 2 rings (SSSR count). The monoisotopic (exact) mass is 310 g/mol. The van der Waals surface area contributed by atoms with Gasteiger partial charge in [0.25, 0.3) is 0 Å². The second-order valence-electron chi connectivity index (χ2n) is 5.48. The minimum Gasteiger partial charge on any atom is -0.349 e. The lowest BCUT2D eigenvalue weighted by Crippen LogP contribution is -2.51. The molecule has 0 aliphatic carbocycles. The summed E-state index contributed by atoms with van der Waals surface area (Å²) in [6.45, 7) is 6.20. The number of halogens is 1. The van der Waals surface area contributed by atoms with Gasteiger partial charge in [0.05, 0.1) is 17.8 Å². The number of rotatable bonds is 5. The molecule has 1 atom stereocenters. The predicted molar refractivity (Wildman–Crippen MR) is 86.5 cm³/mol. The van der Waals surface area contributed by atoms with Crippen LogP contribution in [0.5, 0.6) is 0 Å². The molecule has 0 saturated carbocycles. The summed E-state index contributed by atoms with van der Waals surface area (Å²) in [4.78, 5) is 16.5. The number of fused-ring (bicyclic) bond motifs is 1. The van der Waals surface area contributed by atoms with Crippen molar-refractivity contribution in [2.24, 2.45) is 5.73 Å². The highest BCUT2D eigenvalue weighted by Crippen LogP contribution is 2.10. The molecule has 0 fully saturated rings. The molecule has 0 radical (unpaired) electrons. The smallest absolute Gasteiger partial charge is 0.240 e. The van der Waals surface area contributed by atoms with E-state index in [0.717, 1.165) is 23.5 Å². The van der Waals surface area contributed by atoms with Gasteiger partial charge in [0.1, 0.15) is 5.65 Å². The summed E-state index contributed by atoms with van der Waals surface area (Å²) < 4.78 is 2.01. The normalized spacial score (nSPS) is 13.5. The highest BCUT2D eigenvalue weighted by atomic mass is 35.5. The van der Waals surface area contributed by atoms with Crippen LogP contribution in [0.2, 0.25) is 0 Å². The lowest BCUT2D eigenvalue weighted by Gasteiger charge is -2.22. The van der Waals surface area contributed by atoms with E-state index >= 15 is 0 Å². The Morgan fingerprint density at radius 3 is 2.81 bits per heavy atom. The third-order valence-electron chi connectivity index (χ3n) is 3.46. The molecule has 0 aliphatic rings. The maximum Gasteiger partial charge on any atom is 0.240 e. The summed E-state index contributed by atoms with van der Waals surface area (Å²) in [7, 11) is 0. The lowest BCUT2D eigenvalue weighted by atomic mass is 9.96. The second-order valence-corrected chi connectivity index (χ2v) is 5.48. The Morgan fingerprint density at radius 1 is 1.48 bits per heavy atom. The minimum absolute atomic E-state index is 0. The Kier molecular flexibility index (Phi) is 5.75. The Bertz CT molecular complexity index is 621. The maximum atomic E-state index is 12.0. The Labute approximate surface area is 131 Å². The van der Waals surface area contributed by atoms with E-state index in [4.69, 9.17) is 5.73 Å². The van der Waals surface area contributed by atoms with E-state index in [1.807, 2.05) is 42.6 Å². The molecule has 0 saturated heterocycles. The van der Waals surface area contributed by atoms with Gasteiger partial charge in [-0.1, -0.05) is 19.4 Å². The fourth-order valence-corrected chi connectivity index (χ4v) is 2.29. The molecule has 5 nitrogen and oxygen atoms in total. The number of nitrogens with zero attached hydrogens (tertiary/aromatic N) is 2. The number of aromatic nitrogens is 2. The second kappa shape index (κ2) is 6.91. The Hall–Kier alpha value is -1.59. The number of imidazole rings is 1. The van der Waals surface area contributed by atoms with Gasteiger partial charge in [-0.3, -0.25) is 4.79 Å². The van der Waals surface area contributed by atoms with Gasteiger partial charge in [-0.25, -0.2) is 4.98 Å². The number of hydrogen-bond acceptors (Lipinski definition) is 3. The van der Waals surface area contributed by atoms with E-state index in [0.29, 0.717) is 13.0 Å². The molecule has 0 bridgehead atoms. The molecule has 2 aromatic heterocycles. The molecular weight excluding hydrogens is 288 g/mol. The van der Waals surface area contributed by atoms with Gasteiger partial charge in [0, 0.05) is 11.9 Å². The first-order valence-electron chi connectivity index (χ1n) is 6.95. The summed E-state index contributed by atoms with van der Waals surface area (Å²) in [5.41, 5.74) is 8.01. The SMILES string of the molecule is CCCC(C)(N)C(=O)NCc1cn2c(C)cccc2n1.Cl. The summed E-state index contributed by atoms with van der Waals surface area (Å²) in [6, 6.07) is 5.94. The van der Waals surface area contributed by atoms with E-state index in [2.05, 4.69) is 10.3 Å². The first-order chi connectivity index (χ1) is 9.44. The average molecular weight is 311 g/mol. The van der Waals surface area contributed by atoms with Crippen molar-refractivity contribution in [2.75, 3.05) is 0 Å². The quantitative estimate of drug-likeness (QED) is 0.889. The van der Waals surface area contributed by atoms with Crippen LogP contribution in [0.1, 0.15) is 38.1 Å². The van der Waals surface area contributed by atoms with Crippen molar-refractivity contribution < 1.29 is 4.79 Å². The number of hydrogen-bond donors (Lipinski definition) is 2. The van der Waals surface area contributed by atoms with Gasteiger partial charge in [-0.15, -0.1) is 12.4 Å². The standard InChI is InChI=1S/C15H22N4O.ClH/c1-4-8-15(3,16)14(20)17-9-12-10-19-11(2)6-5-7-13(19)18-12;/h5-7,10H,4,8-9,16H2,1-3H3,(H,17,20);1H. The van der Waals surface area contributed by atoms with Crippen LogP contribution >= 0.6 is 12.4 Å². The first-order valence-corrected chi connectivity index (χ1v) is 6.95. The molecule has 116 valence electrons. The van der Waals surface area contributed by atoms with E-state index in [-0.39, 0.29) is 18.3 Å². The molecule has 6 heteroatoms. The maximum absolute atomic E-state index is 12.0. The van der Waals surface area contributed by atoms with Crippen molar-refractivity contribution in [3.05, 3.63) is 35.8 Å². The van der Waals surface area contributed by atoms with E-state index in [1.165, 1.54) is 0 Å². The van der Waals surface area contributed by atoms with E-state index in [1.54, 1.807) is 6.92 Å². The van der Waals surface area contributed by atoms with Crippen molar-refractivity contribution >= 4 is 24.0 Å². The Balaban J connectivity index is 0.00000220. The molecule has 0 aliphatic heterocycles. The number of nitrogens with two attached hydrogens (primary N) is 1. The van der Waals surface area contributed by atoms with Crippen LogP contribution in [0.15, 0.2) is 24.4 Å². The fourth-order valence-electron chi connectivity index (χ4n) is 2.29. The molecule has 21 heavy (non-hydrogen) atoms. The lowest BCUT2D eigenvalue weighted by molar-refractivity contribution is -0.126.